The smallest absolute Gasteiger partial charge is 0.222 e. The van der Waals surface area contributed by atoms with Gasteiger partial charge in [0.05, 0.1) is 12.2 Å². The lowest BCUT2D eigenvalue weighted by Gasteiger charge is -2.17. The summed E-state index contributed by atoms with van der Waals surface area (Å²) in [4.78, 5) is 25.6. The SMILES string of the molecule is CCC[C@@H]1CN(C(=O)CCCc2cn[nH]c2)C[C@H]1NC(C)=O. The monoisotopic (exact) mass is 306 g/mol. The zero-order chi connectivity index (χ0) is 15.9. The molecule has 2 rings (SSSR count). The Labute approximate surface area is 131 Å². The lowest BCUT2D eigenvalue weighted by Crippen LogP contribution is -2.39. The number of nitrogens with one attached hydrogen (secondary N) is 2. The van der Waals surface area contributed by atoms with Gasteiger partial charge in [0.2, 0.25) is 11.8 Å². The number of carbonyl (C=O) groups excluding carboxylic acids is 2. The molecule has 2 heterocycles. The summed E-state index contributed by atoms with van der Waals surface area (Å²) in [6.45, 7) is 5.09. The van der Waals surface area contributed by atoms with Crippen molar-refractivity contribution in [1.82, 2.24) is 20.4 Å². The highest BCUT2D eigenvalue weighted by Crippen LogP contribution is 2.23. The van der Waals surface area contributed by atoms with Crippen molar-refractivity contribution in [2.75, 3.05) is 13.1 Å². The summed E-state index contributed by atoms with van der Waals surface area (Å²) in [6, 6.07) is 0.107. The van der Waals surface area contributed by atoms with Crippen LogP contribution in [0.5, 0.6) is 0 Å². The lowest BCUT2D eigenvalue weighted by atomic mass is 9.98. The zero-order valence-electron chi connectivity index (χ0n) is 13.5. The van der Waals surface area contributed by atoms with Crippen molar-refractivity contribution in [3.63, 3.8) is 0 Å². The third-order valence-electron chi connectivity index (χ3n) is 4.25. The molecule has 6 heteroatoms. The maximum atomic E-state index is 12.3. The molecule has 122 valence electrons. The van der Waals surface area contributed by atoms with E-state index >= 15 is 0 Å². The first-order valence-electron chi connectivity index (χ1n) is 8.12. The second-order valence-corrected chi connectivity index (χ2v) is 6.11. The van der Waals surface area contributed by atoms with E-state index in [1.807, 2.05) is 11.1 Å². The quantitative estimate of drug-likeness (QED) is 0.801. The standard InChI is InChI=1S/C16H26N4O2/c1-3-5-14-10-20(11-15(14)19-12(2)21)16(22)7-4-6-13-8-17-18-9-13/h8-9,14-15H,3-7,10-11H2,1-2H3,(H,17,18)(H,19,21)/t14-,15-/m1/s1. The van der Waals surface area contributed by atoms with Crippen LogP contribution in [-0.4, -0.2) is 46.0 Å². The van der Waals surface area contributed by atoms with E-state index in [1.54, 1.807) is 13.1 Å². The molecule has 1 saturated heterocycles. The molecule has 1 aromatic rings. The van der Waals surface area contributed by atoms with Crippen LogP contribution in [0.1, 0.15) is 45.1 Å². The van der Waals surface area contributed by atoms with Crippen LogP contribution >= 0.6 is 0 Å². The second-order valence-electron chi connectivity index (χ2n) is 6.11. The molecule has 1 aliphatic rings. The molecule has 1 aromatic heterocycles. The first-order chi connectivity index (χ1) is 10.6. The summed E-state index contributed by atoms with van der Waals surface area (Å²) in [5, 5.41) is 9.68. The Morgan fingerprint density at radius 2 is 2.27 bits per heavy atom. The Bertz CT molecular complexity index is 486. The van der Waals surface area contributed by atoms with Gasteiger partial charge in [0.25, 0.3) is 0 Å². The molecule has 0 saturated carbocycles. The molecule has 2 amide bonds. The van der Waals surface area contributed by atoms with Gasteiger partial charge in [0.15, 0.2) is 0 Å². The Kier molecular flexibility index (Phi) is 5.98. The first-order valence-corrected chi connectivity index (χ1v) is 8.12. The fourth-order valence-corrected chi connectivity index (χ4v) is 3.18. The van der Waals surface area contributed by atoms with Gasteiger partial charge in [-0.2, -0.15) is 5.10 Å². The Morgan fingerprint density at radius 3 is 2.91 bits per heavy atom. The number of carbonyl (C=O) groups is 2. The van der Waals surface area contributed by atoms with Gasteiger partial charge in [-0.3, -0.25) is 14.7 Å². The molecule has 22 heavy (non-hydrogen) atoms. The minimum absolute atomic E-state index is 0.0136. The fourth-order valence-electron chi connectivity index (χ4n) is 3.18. The average molecular weight is 306 g/mol. The molecule has 0 radical (unpaired) electrons. The van der Waals surface area contributed by atoms with Crippen LogP contribution in [-0.2, 0) is 16.0 Å². The normalized spacial score (nSPS) is 21.1. The highest BCUT2D eigenvalue weighted by Gasteiger charge is 2.34. The Morgan fingerprint density at radius 1 is 1.45 bits per heavy atom. The van der Waals surface area contributed by atoms with Gasteiger partial charge in [-0.15, -0.1) is 0 Å². The van der Waals surface area contributed by atoms with Crippen LogP contribution in [0.3, 0.4) is 0 Å². The Balaban J connectivity index is 1.80. The molecule has 0 aliphatic carbocycles. The fraction of sp³-hybridized carbons (Fsp3) is 0.688. The number of nitrogens with zero attached hydrogens (tertiary/aromatic N) is 2. The third-order valence-corrected chi connectivity index (χ3v) is 4.25. The van der Waals surface area contributed by atoms with Gasteiger partial charge in [-0.25, -0.2) is 0 Å². The van der Waals surface area contributed by atoms with Crippen molar-refractivity contribution in [3.8, 4) is 0 Å². The van der Waals surface area contributed by atoms with Crippen molar-refractivity contribution in [2.45, 2.75) is 52.0 Å². The molecular formula is C16H26N4O2. The molecule has 6 nitrogen and oxygen atoms in total. The lowest BCUT2D eigenvalue weighted by molar-refractivity contribution is -0.130. The maximum absolute atomic E-state index is 12.3. The van der Waals surface area contributed by atoms with E-state index in [-0.39, 0.29) is 17.9 Å². The molecule has 2 N–H and O–H groups in total. The largest absolute Gasteiger partial charge is 0.351 e. The van der Waals surface area contributed by atoms with Crippen LogP contribution in [0.15, 0.2) is 12.4 Å². The molecule has 1 fully saturated rings. The van der Waals surface area contributed by atoms with Crippen LogP contribution in [0.2, 0.25) is 0 Å². The number of aryl methyl sites for hydroxylation is 1. The number of likely N-dealkylation sites (tertiary alicyclic amines) is 1. The van der Waals surface area contributed by atoms with Crippen molar-refractivity contribution < 1.29 is 9.59 Å². The topological polar surface area (TPSA) is 78.1 Å². The van der Waals surface area contributed by atoms with E-state index < -0.39 is 0 Å². The Hall–Kier alpha value is -1.85. The van der Waals surface area contributed by atoms with E-state index in [9.17, 15) is 9.59 Å². The minimum Gasteiger partial charge on any atom is -0.351 e. The number of rotatable bonds is 7. The first kappa shape index (κ1) is 16.5. The van der Waals surface area contributed by atoms with E-state index in [2.05, 4.69) is 22.4 Å². The third kappa shape index (κ3) is 4.58. The summed E-state index contributed by atoms with van der Waals surface area (Å²) < 4.78 is 0. The van der Waals surface area contributed by atoms with Crippen molar-refractivity contribution >= 4 is 11.8 Å². The zero-order valence-corrected chi connectivity index (χ0v) is 13.5. The van der Waals surface area contributed by atoms with Gasteiger partial charge in [-0.1, -0.05) is 13.3 Å². The predicted molar refractivity (Wildman–Crippen MR) is 84.1 cm³/mol. The average Bonchev–Trinajstić information content (AvgIpc) is 3.09. The van der Waals surface area contributed by atoms with Crippen molar-refractivity contribution in [2.24, 2.45) is 5.92 Å². The van der Waals surface area contributed by atoms with E-state index in [4.69, 9.17) is 0 Å². The van der Waals surface area contributed by atoms with Gasteiger partial charge < -0.3 is 10.2 Å². The highest BCUT2D eigenvalue weighted by atomic mass is 16.2. The van der Waals surface area contributed by atoms with E-state index in [1.165, 1.54) is 0 Å². The molecule has 0 unspecified atom stereocenters. The number of hydrogen-bond donors (Lipinski definition) is 2. The van der Waals surface area contributed by atoms with Crippen LogP contribution in [0.4, 0.5) is 0 Å². The molecule has 1 aliphatic heterocycles. The number of aromatic nitrogens is 2. The number of H-pyrrole nitrogens is 1. The molecule has 0 aromatic carbocycles. The van der Waals surface area contributed by atoms with Crippen LogP contribution in [0, 0.1) is 5.92 Å². The predicted octanol–water partition coefficient (Wildman–Crippen LogP) is 1.50. The van der Waals surface area contributed by atoms with Crippen LogP contribution in [0.25, 0.3) is 0 Å². The highest BCUT2D eigenvalue weighted by molar-refractivity contribution is 5.77. The second kappa shape index (κ2) is 7.96. The molecule has 0 bridgehead atoms. The van der Waals surface area contributed by atoms with Gasteiger partial charge in [0.1, 0.15) is 0 Å². The van der Waals surface area contributed by atoms with Gasteiger partial charge >= 0.3 is 0 Å². The van der Waals surface area contributed by atoms with Crippen molar-refractivity contribution in [3.05, 3.63) is 18.0 Å². The maximum Gasteiger partial charge on any atom is 0.222 e. The summed E-state index contributed by atoms with van der Waals surface area (Å²) in [7, 11) is 0. The van der Waals surface area contributed by atoms with Gasteiger partial charge in [-0.05, 0) is 30.7 Å². The van der Waals surface area contributed by atoms with E-state index in [0.717, 1.165) is 37.8 Å². The summed E-state index contributed by atoms with van der Waals surface area (Å²) in [5.74, 6) is 0.560. The van der Waals surface area contributed by atoms with E-state index in [0.29, 0.717) is 18.9 Å². The number of amides is 2. The minimum atomic E-state index is -0.0136. The number of hydrogen-bond acceptors (Lipinski definition) is 3. The molecule has 0 spiro atoms. The van der Waals surface area contributed by atoms with Crippen LogP contribution < -0.4 is 5.32 Å². The van der Waals surface area contributed by atoms with Gasteiger partial charge in [0, 0.05) is 32.6 Å². The summed E-state index contributed by atoms with van der Waals surface area (Å²) >= 11 is 0. The summed E-state index contributed by atoms with van der Waals surface area (Å²) in [5.41, 5.74) is 1.13. The van der Waals surface area contributed by atoms with Crippen molar-refractivity contribution in [1.29, 1.82) is 0 Å². The summed E-state index contributed by atoms with van der Waals surface area (Å²) in [6.07, 6.45) is 8.03. The number of aromatic amines is 1. The molecule has 2 atom stereocenters. The molecular weight excluding hydrogens is 280 g/mol.